The molecule has 0 unspecified atom stereocenters. The second-order valence-electron chi connectivity index (χ2n) is 36.5. The molecular weight excluding hydrogens is 2000 g/mol. The number of unbranched alkanes of at least 4 members (excludes halogenated alkanes) is 1. The Labute approximate surface area is 876 Å². The highest BCUT2D eigenvalue weighted by atomic mass is 33.1. The molecule has 59 heteroatoms. The summed E-state index contributed by atoms with van der Waals surface area (Å²) < 4.78 is 0. The Morgan fingerprint density at radius 3 is 0.740 bits per heavy atom. The quantitative estimate of drug-likeness (QED) is 0.0127. The second-order valence-corrected chi connectivity index (χ2v) is 39.3. The molecule has 2 aromatic rings. The molecule has 1 aromatic carbocycles. The highest BCUT2D eigenvalue weighted by Gasteiger charge is 2.38. The molecular formula is C91H153N35O22S2. The van der Waals surface area contributed by atoms with E-state index in [9.17, 15) is 105 Å². The van der Waals surface area contributed by atoms with Crippen molar-refractivity contribution in [3.8, 4) is 0 Å². The predicted octanol–water partition coefficient (Wildman–Crippen LogP) is -9.54. The van der Waals surface area contributed by atoms with Crippen LogP contribution < -0.4 is 162 Å². The molecule has 1 saturated heterocycles. The zero-order valence-corrected chi connectivity index (χ0v) is 88.8. The summed E-state index contributed by atoms with van der Waals surface area (Å²) in [5.41, 5.74) is 28.8. The molecule has 836 valence electrons. The summed E-state index contributed by atoms with van der Waals surface area (Å²) in [5.74, 6) is -19.4. The Balaban J connectivity index is 1.55. The molecule has 0 bridgehead atoms. The normalized spacial score (nSPS) is 16.1. The molecule has 150 heavy (non-hydrogen) atoms. The molecule has 1 fully saturated rings. The number of hydrogen-bond acceptors (Lipinski definition) is 28. The largest absolute Gasteiger partial charge is 0.370 e. The number of para-hydroxylation sites is 1. The average Bonchev–Trinajstić information content (AvgIpc) is 1.68. The van der Waals surface area contributed by atoms with Crippen molar-refractivity contribution >= 4 is 186 Å². The summed E-state index contributed by atoms with van der Waals surface area (Å²) in [7, 11) is 3.69. The molecule has 0 spiro atoms. The number of aromatic nitrogens is 1. The highest BCUT2D eigenvalue weighted by Crippen LogP contribution is 2.40. The summed E-state index contributed by atoms with van der Waals surface area (Å²) in [5, 5.41) is 93.4. The predicted molar refractivity (Wildman–Crippen MR) is 556 cm³/mol. The third-order valence-electron chi connectivity index (χ3n) is 23.2. The van der Waals surface area contributed by atoms with Crippen molar-refractivity contribution in [2.45, 2.75) is 333 Å². The molecule has 3 rings (SSSR count). The lowest BCUT2D eigenvalue weighted by Crippen LogP contribution is -2.59. The first-order valence-electron chi connectivity index (χ1n) is 49.1. The fourth-order valence-electron chi connectivity index (χ4n) is 14.0. The number of nitrogens with two attached hydrogens (primary N) is 5. The molecule has 2 heterocycles. The van der Waals surface area contributed by atoms with Crippen LogP contribution in [0, 0.1) is 21.6 Å². The first-order chi connectivity index (χ1) is 70.3. The van der Waals surface area contributed by atoms with Crippen molar-refractivity contribution in [3.63, 3.8) is 0 Å². The van der Waals surface area contributed by atoms with E-state index in [0.717, 1.165) is 35.9 Å². The lowest BCUT2D eigenvalue weighted by molar-refractivity contribution is -0.135. The molecule has 57 nitrogen and oxygen atoms in total. The van der Waals surface area contributed by atoms with Crippen LogP contribution in [0.15, 0.2) is 30.5 Å². The smallest absolute Gasteiger partial charge is 0.243 e. The number of rotatable bonds is 65. The summed E-state index contributed by atoms with van der Waals surface area (Å²) in [4.78, 5) is 299. The van der Waals surface area contributed by atoms with Gasteiger partial charge in [0.2, 0.25) is 130 Å². The number of aromatic amines is 1. The minimum Gasteiger partial charge on any atom is -0.370 e. The van der Waals surface area contributed by atoms with Gasteiger partial charge in [-0.05, 0) is 193 Å². The summed E-state index contributed by atoms with van der Waals surface area (Å²) in [6.07, 6.45) is 5.57. The second kappa shape index (κ2) is 65.6. The number of carbonyl (C=O) groups is 22. The maximum absolute atomic E-state index is 13.9. The van der Waals surface area contributed by atoms with Gasteiger partial charge in [-0.2, -0.15) is 0 Å². The average molecular weight is 2150 g/mol. The van der Waals surface area contributed by atoms with Crippen molar-refractivity contribution in [2.75, 3.05) is 31.9 Å². The monoisotopic (exact) mass is 2150 g/mol. The van der Waals surface area contributed by atoms with Crippen LogP contribution in [0.1, 0.15) is 200 Å². The van der Waals surface area contributed by atoms with Crippen molar-refractivity contribution in [1.29, 1.82) is 21.6 Å². The maximum atomic E-state index is 13.9. The van der Waals surface area contributed by atoms with E-state index in [1.165, 1.54) is 111 Å². The molecule has 22 atom stereocenters. The van der Waals surface area contributed by atoms with Crippen molar-refractivity contribution < 1.29 is 105 Å². The van der Waals surface area contributed by atoms with E-state index in [0.29, 0.717) is 17.2 Å². The van der Waals surface area contributed by atoms with Gasteiger partial charge in [0.1, 0.15) is 127 Å². The Bertz CT molecular complexity index is 5060. The van der Waals surface area contributed by atoms with Gasteiger partial charge in [0.05, 0.1) is 0 Å². The molecule has 0 radical (unpaired) electrons. The van der Waals surface area contributed by atoms with Gasteiger partial charge in [-0.3, -0.25) is 127 Å². The number of guanidine groups is 4. The molecule has 1 aliphatic rings. The minimum atomic E-state index is -1.44. The standard InChI is InChI=1S/C91H153N35O22S2/c1-41(106-66(127)32-20-17-25-58-33-38-149-150-58)68(129)113-52(12)79(140)122-61(28-21-34-101-88(93)94)84(145)118-48(8)75(136)110-42(2)69(130)107-45(5)72(133)114-53(13)80(141)123-62(29-22-35-102-89(95)96)85(146)119-49(9)76(137)111-43(3)70(131)108-46(6)73(134)115-54(14)81(142)124-63(30-23-36-103-90(97)98)86(147)120-50(10)77(138)112-44(4)71(132)109-47(7)74(135)116-55(15)82(143)125-64(31-24-37-104-91(99)100)87(148)121-51(11)78(139)117-56(16)83(144)126-65(67(92)128)39-57-40-105-60-27-19-18-26-59(57)60/h18-19,26-27,40-56,58,61-65,105H,17,20-25,28-39H2,1-16H3,(H2,92,128)(H,106,127)(H,107,130)(H,108,131)(H,109,132)(H,110,136)(H,111,137)(H,112,138)(H,113,129)(H,114,133)(H,115,134)(H,116,135)(H,117,139)(H,118,145)(H,119,146)(H,120,147)(H,121,148)(H,122,140)(H,123,141)(H,124,142)(H,125,143)(H,126,144)(H4,93,94,101)(H4,95,96,102)(H4,97,98,103)(H4,99,100,104)/t41-,42-,43-,44-,45-,46-,47-,48-,49-,50-,51-,52-,53-,54-,55-,56-,58+,61-,62-,63-,64-,65-/m0/s1. The van der Waals surface area contributed by atoms with Gasteiger partial charge < -0.3 is 167 Å². The SMILES string of the molecule is C[C@H](NC(=O)CCCC[C@@H]1CCSS1)C(=O)N[C@@H](C)C(=O)N[C@@H](CCCNC(=N)N)C(=O)N[C@@H](C)C(=O)N[C@@H](C)C(=O)N[C@@H](C)C(=O)N[C@@H](C)C(=O)N[C@@H](CCCNC(=N)N)C(=O)N[C@@H](C)C(=O)N[C@@H](C)C(=O)N[C@@H](C)C(=O)N[C@@H](C)C(=O)N[C@@H](CCCNC(=N)N)C(=O)N[C@@H](C)C(=O)N[C@@H](C)C(=O)N[C@@H](C)C(=O)N[C@@H](C)C(=O)N[C@@H](CCCNC(=N)N)C(=O)N[C@@H](C)C(=O)N[C@@H](C)C(=O)N[C@@H](Cc1c[nH]c2ccccc12)C(N)=O. The molecule has 1 aliphatic heterocycles. The zero-order valence-electron chi connectivity index (χ0n) is 87.2. The summed E-state index contributed by atoms with van der Waals surface area (Å²) in [6, 6.07) is -21.0. The van der Waals surface area contributed by atoms with Crippen molar-refractivity contribution in [3.05, 3.63) is 36.0 Å². The van der Waals surface area contributed by atoms with Gasteiger partial charge in [-0.1, -0.05) is 46.2 Å². The third-order valence-corrected chi connectivity index (χ3v) is 26.2. The van der Waals surface area contributed by atoms with Crippen LogP contribution in [0.5, 0.6) is 0 Å². The minimum absolute atomic E-state index is 0.0239. The molecule has 22 amide bonds. The lowest BCUT2D eigenvalue weighted by Gasteiger charge is -2.25. The number of nitrogens with one attached hydrogen (secondary N) is 30. The first-order valence-corrected chi connectivity index (χ1v) is 51.5. The zero-order chi connectivity index (χ0) is 113. The van der Waals surface area contributed by atoms with Crippen LogP contribution in [0.4, 0.5) is 0 Å². The molecule has 1 aromatic heterocycles. The summed E-state index contributed by atoms with van der Waals surface area (Å²) >= 11 is 0. The number of H-pyrrole nitrogens is 1. The number of benzene rings is 1. The number of fused-ring (bicyclic) bond motifs is 1. The molecule has 0 saturated carbocycles. The van der Waals surface area contributed by atoms with E-state index >= 15 is 0 Å². The van der Waals surface area contributed by atoms with E-state index in [1.807, 2.05) is 39.8 Å². The van der Waals surface area contributed by atoms with Crippen LogP contribution in [0.3, 0.4) is 0 Å². The Hall–Kier alpha value is -15.1. The number of primary amides is 1. The Morgan fingerprint density at radius 1 is 0.293 bits per heavy atom. The van der Waals surface area contributed by atoms with Gasteiger partial charge in [-0.25, -0.2) is 0 Å². The van der Waals surface area contributed by atoms with Crippen LogP contribution in [0.25, 0.3) is 10.9 Å². The van der Waals surface area contributed by atoms with Crippen LogP contribution in [0.2, 0.25) is 0 Å². The van der Waals surface area contributed by atoms with Gasteiger partial charge >= 0.3 is 0 Å². The van der Waals surface area contributed by atoms with E-state index in [2.05, 4.69) is 138 Å². The van der Waals surface area contributed by atoms with E-state index < -0.39 is 263 Å². The first kappa shape index (κ1) is 129. The van der Waals surface area contributed by atoms with E-state index in [1.54, 1.807) is 12.3 Å². The lowest BCUT2D eigenvalue weighted by atomic mass is 10.0. The van der Waals surface area contributed by atoms with Crippen LogP contribution in [-0.2, 0) is 112 Å². The molecule has 40 N–H and O–H groups in total. The van der Waals surface area contributed by atoms with E-state index in [4.69, 9.17) is 50.3 Å². The van der Waals surface area contributed by atoms with Crippen molar-refractivity contribution in [1.82, 2.24) is 138 Å². The summed E-state index contributed by atoms with van der Waals surface area (Å²) in [6.45, 7) is 20.7. The van der Waals surface area contributed by atoms with Crippen molar-refractivity contribution in [2.24, 2.45) is 28.7 Å². The molecule has 0 aliphatic carbocycles. The fraction of sp³-hybridized carbons (Fsp3) is 0.626. The van der Waals surface area contributed by atoms with Gasteiger partial charge in [0, 0.05) is 67.1 Å². The number of carbonyl (C=O) groups excluding carboxylic acids is 22. The highest BCUT2D eigenvalue weighted by molar-refractivity contribution is 8.77. The Morgan fingerprint density at radius 2 is 0.513 bits per heavy atom. The van der Waals surface area contributed by atoms with Crippen LogP contribution in [-0.4, -0.2) is 323 Å². The fourth-order valence-corrected chi connectivity index (χ4v) is 17.0. The van der Waals surface area contributed by atoms with Gasteiger partial charge in [0.15, 0.2) is 23.8 Å². The third kappa shape index (κ3) is 48.2. The van der Waals surface area contributed by atoms with Gasteiger partial charge in [-0.15, -0.1) is 0 Å². The van der Waals surface area contributed by atoms with E-state index in [-0.39, 0.29) is 108 Å². The topological polar surface area (TPSA) is 918 Å². The number of hydrogen-bond donors (Lipinski definition) is 35. The Kier molecular flexibility index (Phi) is 56.4. The maximum Gasteiger partial charge on any atom is 0.243 e. The number of amides is 22. The van der Waals surface area contributed by atoms with Gasteiger partial charge in [0.25, 0.3) is 0 Å². The van der Waals surface area contributed by atoms with Crippen LogP contribution >= 0.6 is 21.6 Å².